The molecule has 4 heteroatoms. The maximum absolute atomic E-state index is 13.4. The molecule has 0 saturated carbocycles. The first-order valence-corrected chi connectivity index (χ1v) is 9.51. The van der Waals surface area contributed by atoms with E-state index in [2.05, 4.69) is 0 Å². The summed E-state index contributed by atoms with van der Waals surface area (Å²) in [6.07, 6.45) is 0. The van der Waals surface area contributed by atoms with Gasteiger partial charge in [0.05, 0.1) is 5.92 Å². The smallest absolute Gasteiger partial charge is 0.174 e. The number of aryl methyl sites for hydroxylation is 1. The number of carbonyl (C=O) groups excluding carboxylic acids is 2. The maximum Gasteiger partial charge on any atom is 0.174 e. The Kier molecular flexibility index (Phi) is 4.78. The van der Waals surface area contributed by atoms with Gasteiger partial charge in [-0.05, 0) is 38.1 Å². The number of ether oxygens (including phenoxy) is 1. The quantitative estimate of drug-likeness (QED) is 0.407. The summed E-state index contributed by atoms with van der Waals surface area (Å²) in [7, 11) is 0. The molecule has 0 spiro atoms. The fourth-order valence-electron chi connectivity index (χ4n) is 3.80. The van der Waals surface area contributed by atoms with Crippen LogP contribution >= 0.6 is 11.6 Å². The van der Waals surface area contributed by atoms with E-state index in [1.165, 1.54) is 6.92 Å². The molecule has 2 atom stereocenters. The van der Waals surface area contributed by atoms with Crippen molar-refractivity contribution in [2.45, 2.75) is 19.8 Å². The van der Waals surface area contributed by atoms with Gasteiger partial charge in [0.15, 0.2) is 5.78 Å². The highest BCUT2D eigenvalue weighted by atomic mass is 35.5. The Labute approximate surface area is 168 Å². The first-order valence-electron chi connectivity index (χ1n) is 9.13. The van der Waals surface area contributed by atoms with Crippen molar-refractivity contribution in [2.24, 2.45) is 5.92 Å². The van der Waals surface area contributed by atoms with Crippen LogP contribution in [0.1, 0.15) is 39.9 Å². The van der Waals surface area contributed by atoms with Crippen molar-refractivity contribution in [3.63, 3.8) is 0 Å². The molecule has 0 amide bonds. The van der Waals surface area contributed by atoms with Gasteiger partial charge in [0.1, 0.15) is 17.3 Å². The molecule has 1 aliphatic rings. The lowest BCUT2D eigenvalue weighted by molar-refractivity contribution is -0.119. The zero-order valence-electron chi connectivity index (χ0n) is 15.6. The number of Topliss-reactive ketones (excluding diaryl/α,β-unsaturated/α-hetero) is 2. The Morgan fingerprint density at radius 3 is 2.32 bits per heavy atom. The Bertz CT molecular complexity index is 1070. The van der Waals surface area contributed by atoms with Crippen LogP contribution in [0, 0.1) is 12.8 Å². The van der Waals surface area contributed by atoms with Gasteiger partial charge in [0.2, 0.25) is 0 Å². The lowest BCUT2D eigenvalue weighted by Crippen LogP contribution is -2.31. The van der Waals surface area contributed by atoms with E-state index >= 15 is 0 Å². The lowest BCUT2D eigenvalue weighted by Gasteiger charge is -2.32. The normalized spacial score (nSPS) is 15.8. The standard InChI is InChI=1S/C24H19ClO3/c1-14-7-9-16(10-8-14)24(27)22(15(2)26)23-18-5-3-4-6-20(18)28-21-12-11-17(25)13-19(21)23/h3-13,22-23H,1-2H3/t22-,23+/m0/s1. The van der Waals surface area contributed by atoms with Gasteiger partial charge in [-0.3, -0.25) is 9.59 Å². The van der Waals surface area contributed by atoms with Crippen LogP contribution in [0.15, 0.2) is 66.7 Å². The summed E-state index contributed by atoms with van der Waals surface area (Å²) in [6, 6.07) is 20.2. The lowest BCUT2D eigenvalue weighted by atomic mass is 9.74. The average molecular weight is 391 g/mol. The van der Waals surface area contributed by atoms with Gasteiger partial charge in [-0.25, -0.2) is 0 Å². The summed E-state index contributed by atoms with van der Waals surface area (Å²) in [5.74, 6) is -0.408. The molecule has 0 aromatic heterocycles. The third kappa shape index (κ3) is 3.23. The van der Waals surface area contributed by atoms with Crippen LogP contribution in [-0.4, -0.2) is 11.6 Å². The van der Waals surface area contributed by atoms with E-state index in [9.17, 15) is 9.59 Å². The van der Waals surface area contributed by atoms with Crippen LogP contribution in [0.3, 0.4) is 0 Å². The first kappa shape index (κ1) is 18.5. The SMILES string of the molecule is CC(=O)[C@H](C(=O)c1ccc(C)cc1)[C@@H]1c2ccccc2Oc2ccc(Cl)cc21. The molecule has 0 N–H and O–H groups in total. The van der Waals surface area contributed by atoms with Crippen molar-refractivity contribution in [3.8, 4) is 11.5 Å². The van der Waals surface area contributed by atoms with Crippen molar-refractivity contribution in [3.05, 3.63) is 94.0 Å². The highest BCUT2D eigenvalue weighted by molar-refractivity contribution is 6.30. The number of fused-ring (bicyclic) bond motifs is 2. The van der Waals surface area contributed by atoms with Gasteiger partial charge in [0, 0.05) is 27.6 Å². The molecule has 3 aromatic carbocycles. The number of hydrogen-bond donors (Lipinski definition) is 0. The number of para-hydroxylation sites is 1. The first-order chi connectivity index (χ1) is 13.5. The van der Waals surface area contributed by atoms with Crippen LogP contribution in [0.2, 0.25) is 5.02 Å². The predicted octanol–water partition coefficient (Wildman–Crippen LogP) is 5.97. The molecule has 3 nitrogen and oxygen atoms in total. The van der Waals surface area contributed by atoms with Crippen molar-refractivity contribution < 1.29 is 14.3 Å². The molecule has 140 valence electrons. The summed E-state index contributed by atoms with van der Waals surface area (Å²) >= 11 is 6.24. The van der Waals surface area contributed by atoms with Crippen LogP contribution in [0.4, 0.5) is 0 Å². The fourth-order valence-corrected chi connectivity index (χ4v) is 3.98. The van der Waals surface area contributed by atoms with Crippen LogP contribution in [0.5, 0.6) is 11.5 Å². The van der Waals surface area contributed by atoms with Gasteiger partial charge in [-0.1, -0.05) is 59.6 Å². The molecule has 0 bridgehead atoms. The van der Waals surface area contributed by atoms with Crippen molar-refractivity contribution >= 4 is 23.2 Å². The molecule has 0 saturated heterocycles. The molecule has 0 unspecified atom stereocenters. The minimum atomic E-state index is -0.857. The second-order valence-corrected chi connectivity index (χ2v) is 7.55. The molecular formula is C24H19ClO3. The maximum atomic E-state index is 13.4. The Morgan fingerprint density at radius 2 is 1.61 bits per heavy atom. The van der Waals surface area contributed by atoms with Gasteiger partial charge in [-0.2, -0.15) is 0 Å². The number of halogens is 1. The van der Waals surface area contributed by atoms with E-state index in [-0.39, 0.29) is 11.6 Å². The number of ketones is 2. The largest absolute Gasteiger partial charge is 0.457 e. The van der Waals surface area contributed by atoms with E-state index in [0.29, 0.717) is 22.1 Å². The van der Waals surface area contributed by atoms with E-state index in [4.69, 9.17) is 16.3 Å². The minimum Gasteiger partial charge on any atom is -0.457 e. The van der Waals surface area contributed by atoms with Crippen LogP contribution < -0.4 is 4.74 Å². The van der Waals surface area contributed by atoms with Gasteiger partial charge in [0.25, 0.3) is 0 Å². The number of rotatable bonds is 4. The summed E-state index contributed by atoms with van der Waals surface area (Å²) in [5.41, 5.74) is 3.16. The Morgan fingerprint density at radius 1 is 0.929 bits per heavy atom. The Balaban J connectivity index is 1.89. The van der Waals surface area contributed by atoms with E-state index < -0.39 is 11.8 Å². The molecule has 0 radical (unpaired) electrons. The van der Waals surface area contributed by atoms with Crippen LogP contribution in [-0.2, 0) is 4.79 Å². The summed E-state index contributed by atoms with van der Waals surface area (Å²) in [5, 5.41) is 0.539. The molecule has 1 aliphatic heterocycles. The highest BCUT2D eigenvalue weighted by Gasteiger charge is 2.40. The number of carbonyl (C=O) groups is 2. The summed E-state index contributed by atoms with van der Waals surface area (Å²) in [4.78, 5) is 26.1. The number of hydrogen-bond acceptors (Lipinski definition) is 3. The van der Waals surface area contributed by atoms with Crippen molar-refractivity contribution in [2.75, 3.05) is 0 Å². The monoisotopic (exact) mass is 390 g/mol. The molecule has 0 aliphatic carbocycles. The molecular weight excluding hydrogens is 372 g/mol. The summed E-state index contributed by atoms with van der Waals surface area (Å²) < 4.78 is 6.01. The minimum absolute atomic E-state index is 0.182. The fraction of sp³-hybridized carbons (Fsp3) is 0.167. The van der Waals surface area contributed by atoms with E-state index in [1.807, 2.05) is 43.3 Å². The zero-order valence-corrected chi connectivity index (χ0v) is 16.4. The van der Waals surface area contributed by atoms with Gasteiger partial charge in [-0.15, -0.1) is 0 Å². The zero-order chi connectivity index (χ0) is 19.8. The van der Waals surface area contributed by atoms with Crippen molar-refractivity contribution in [1.82, 2.24) is 0 Å². The van der Waals surface area contributed by atoms with Gasteiger partial charge < -0.3 is 4.74 Å². The van der Waals surface area contributed by atoms with E-state index in [0.717, 1.165) is 16.7 Å². The third-order valence-electron chi connectivity index (χ3n) is 5.17. The molecule has 4 rings (SSSR count). The highest BCUT2D eigenvalue weighted by Crippen LogP contribution is 2.49. The average Bonchev–Trinajstić information content (AvgIpc) is 2.68. The van der Waals surface area contributed by atoms with E-state index in [1.54, 1.807) is 30.3 Å². The molecule has 0 fully saturated rings. The second-order valence-electron chi connectivity index (χ2n) is 7.12. The molecule has 28 heavy (non-hydrogen) atoms. The number of benzene rings is 3. The second kappa shape index (κ2) is 7.25. The topological polar surface area (TPSA) is 43.4 Å². The summed E-state index contributed by atoms with van der Waals surface area (Å²) in [6.45, 7) is 3.43. The van der Waals surface area contributed by atoms with Crippen molar-refractivity contribution in [1.29, 1.82) is 0 Å². The molecule has 3 aromatic rings. The third-order valence-corrected chi connectivity index (χ3v) is 5.41. The van der Waals surface area contributed by atoms with Gasteiger partial charge >= 0.3 is 0 Å². The van der Waals surface area contributed by atoms with Crippen LogP contribution in [0.25, 0.3) is 0 Å². The Hall–Kier alpha value is -2.91. The molecule has 1 heterocycles. The predicted molar refractivity (Wildman–Crippen MR) is 109 cm³/mol.